The molecule has 1 heterocycles. The lowest BCUT2D eigenvalue weighted by molar-refractivity contribution is -0.137. The molecule has 0 saturated carbocycles. The van der Waals surface area contributed by atoms with Gasteiger partial charge in [0.05, 0.1) is 17.0 Å². The van der Waals surface area contributed by atoms with Crippen LogP contribution < -0.4 is 10.0 Å². The molecule has 0 aliphatic carbocycles. The first-order valence-electron chi connectivity index (χ1n) is 9.14. The van der Waals surface area contributed by atoms with Crippen molar-refractivity contribution < 1.29 is 26.4 Å². The minimum Gasteiger partial charge on any atom is -0.355 e. The number of amides is 1. The number of nitrogens with one attached hydrogen (secondary N) is 2. The zero-order valence-electron chi connectivity index (χ0n) is 15.8. The van der Waals surface area contributed by atoms with E-state index in [9.17, 15) is 26.4 Å². The van der Waals surface area contributed by atoms with Crippen molar-refractivity contribution >= 4 is 26.8 Å². The maximum absolute atomic E-state index is 12.8. The molecule has 3 rings (SSSR count). The van der Waals surface area contributed by atoms with Crippen LogP contribution in [0.2, 0.25) is 0 Å². The summed E-state index contributed by atoms with van der Waals surface area (Å²) in [4.78, 5) is 11.3. The predicted octanol–water partition coefficient (Wildman–Crippen LogP) is 3.14. The van der Waals surface area contributed by atoms with E-state index in [4.69, 9.17) is 0 Å². The number of halogens is 3. The Labute approximate surface area is 171 Å². The monoisotopic (exact) mass is 439 g/mol. The summed E-state index contributed by atoms with van der Waals surface area (Å²) in [5.41, 5.74) is 0.00466. The Balaban J connectivity index is 1.47. The molecular weight excluding hydrogens is 419 g/mol. The van der Waals surface area contributed by atoms with Crippen LogP contribution in [0.15, 0.2) is 65.7 Å². The van der Waals surface area contributed by atoms with Crippen molar-refractivity contribution in [1.29, 1.82) is 0 Å². The molecule has 30 heavy (non-hydrogen) atoms. The Hall–Kier alpha value is -2.85. The summed E-state index contributed by atoms with van der Waals surface area (Å²) in [6, 6.07) is 13.2. The smallest absolute Gasteiger partial charge is 0.355 e. The number of sulfonamides is 1. The van der Waals surface area contributed by atoms with Crippen LogP contribution in [0.5, 0.6) is 0 Å². The highest BCUT2D eigenvalue weighted by Gasteiger charge is 2.31. The zero-order valence-corrected chi connectivity index (χ0v) is 16.6. The van der Waals surface area contributed by atoms with E-state index >= 15 is 0 Å². The first-order chi connectivity index (χ1) is 14.2. The fourth-order valence-electron chi connectivity index (χ4n) is 2.96. The molecule has 0 aliphatic rings. The van der Waals surface area contributed by atoms with Crippen LogP contribution in [0.3, 0.4) is 0 Å². The summed E-state index contributed by atoms with van der Waals surface area (Å²) in [7, 11) is -4.24. The van der Waals surface area contributed by atoms with Crippen LogP contribution in [-0.2, 0) is 27.5 Å². The lowest BCUT2D eigenvalue weighted by Crippen LogP contribution is -2.37. The number of hydrogen-bond donors (Lipinski definition) is 2. The molecule has 0 spiro atoms. The van der Waals surface area contributed by atoms with E-state index in [0.717, 1.165) is 29.1 Å². The first-order valence-corrected chi connectivity index (χ1v) is 10.6. The Kier molecular flexibility index (Phi) is 6.47. The minimum atomic E-state index is -4.66. The highest BCUT2D eigenvalue weighted by Crippen LogP contribution is 2.30. The summed E-state index contributed by atoms with van der Waals surface area (Å²) < 4.78 is 66.7. The van der Waals surface area contributed by atoms with Crippen LogP contribution in [0.4, 0.5) is 13.2 Å². The number of nitrogens with zero attached hydrogens (tertiary/aromatic N) is 1. The zero-order chi connectivity index (χ0) is 21.8. The van der Waals surface area contributed by atoms with E-state index in [1.54, 1.807) is 0 Å². The van der Waals surface area contributed by atoms with Gasteiger partial charge in [0.15, 0.2) is 0 Å². The largest absolute Gasteiger partial charge is 0.416 e. The molecule has 10 heteroatoms. The van der Waals surface area contributed by atoms with Crippen molar-refractivity contribution in [1.82, 2.24) is 14.6 Å². The molecular formula is C20H20F3N3O3S. The highest BCUT2D eigenvalue weighted by molar-refractivity contribution is 7.89. The molecule has 0 saturated heterocycles. The maximum Gasteiger partial charge on any atom is 0.416 e. The van der Waals surface area contributed by atoms with Gasteiger partial charge in [-0.3, -0.25) is 4.79 Å². The molecule has 0 radical (unpaired) electrons. The van der Waals surface area contributed by atoms with Gasteiger partial charge in [0, 0.05) is 24.8 Å². The van der Waals surface area contributed by atoms with Gasteiger partial charge in [0.2, 0.25) is 15.9 Å². The summed E-state index contributed by atoms with van der Waals surface area (Å²) in [6.45, 7) is 0.436. The van der Waals surface area contributed by atoms with Crippen LogP contribution in [0.25, 0.3) is 10.9 Å². The Morgan fingerprint density at radius 3 is 2.57 bits per heavy atom. The van der Waals surface area contributed by atoms with Gasteiger partial charge in [-0.25, -0.2) is 13.1 Å². The van der Waals surface area contributed by atoms with Gasteiger partial charge in [0.1, 0.15) is 0 Å². The molecule has 1 amide bonds. The number of carbonyl (C=O) groups excluding carboxylic acids is 1. The number of aromatic nitrogens is 1. The lowest BCUT2D eigenvalue weighted by Gasteiger charge is -2.11. The van der Waals surface area contributed by atoms with Crippen LogP contribution in [0, 0.1) is 0 Å². The number of aryl methyl sites for hydroxylation is 1. The summed E-state index contributed by atoms with van der Waals surface area (Å²) in [5, 5.41) is 3.71. The Morgan fingerprint density at radius 2 is 1.80 bits per heavy atom. The number of fused-ring (bicyclic) bond motifs is 1. The second-order valence-electron chi connectivity index (χ2n) is 6.62. The Bertz CT molecular complexity index is 1140. The summed E-state index contributed by atoms with van der Waals surface area (Å²) >= 11 is 0. The third-order valence-corrected chi connectivity index (χ3v) is 5.87. The van der Waals surface area contributed by atoms with Gasteiger partial charge in [-0.15, -0.1) is 0 Å². The van der Waals surface area contributed by atoms with Crippen molar-refractivity contribution in [3.63, 3.8) is 0 Å². The topological polar surface area (TPSA) is 80.2 Å². The van der Waals surface area contributed by atoms with Gasteiger partial charge in [-0.2, -0.15) is 13.2 Å². The second-order valence-corrected chi connectivity index (χ2v) is 8.39. The molecule has 0 aliphatic heterocycles. The average molecular weight is 439 g/mol. The summed E-state index contributed by atoms with van der Waals surface area (Å²) in [6.07, 6.45) is -2.07. The molecule has 3 aromatic rings. The quantitative estimate of drug-likeness (QED) is 0.529. The molecule has 0 fully saturated rings. The standard InChI is InChI=1S/C20H20F3N3O3S/c21-20(22,23)16-6-3-7-17(13-16)30(28,29)25-14-19(27)24-10-4-11-26-12-9-15-5-1-2-8-18(15)26/h1-3,5-9,12-13,25H,4,10-11,14H2,(H,24,27). The van der Waals surface area contributed by atoms with Crippen molar-refractivity contribution in [3.8, 4) is 0 Å². The number of rotatable bonds is 8. The molecule has 2 aromatic carbocycles. The van der Waals surface area contributed by atoms with Crippen LogP contribution in [-0.4, -0.2) is 32.0 Å². The van der Waals surface area contributed by atoms with Crippen molar-refractivity contribution in [2.75, 3.05) is 13.1 Å². The van der Waals surface area contributed by atoms with E-state index in [-0.39, 0.29) is 0 Å². The van der Waals surface area contributed by atoms with E-state index in [2.05, 4.69) is 9.88 Å². The number of carbonyl (C=O) groups is 1. The van der Waals surface area contributed by atoms with E-state index in [0.29, 0.717) is 25.6 Å². The third kappa shape index (κ3) is 5.39. The van der Waals surface area contributed by atoms with Crippen LogP contribution >= 0.6 is 0 Å². The molecule has 160 valence electrons. The molecule has 1 aromatic heterocycles. The molecule has 6 nitrogen and oxygen atoms in total. The second kappa shape index (κ2) is 8.88. The van der Waals surface area contributed by atoms with Gasteiger partial charge >= 0.3 is 6.18 Å². The van der Waals surface area contributed by atoms with Gasteiger partial charge < -0.3 is 9.88 Å². The van der Waals surface area contributed by atoms with E-state index in [1.165, 1.54) is 0 Å². The lowest BCUT2D eigenvalue weighted by atomic mass is 10.2. The number of benzene rings is 2. The minimum absolute atomic E-state index is 0.330. The molecule has 2 N–H and O–H groups in total. The normalized spacial score (nSPS) is 12.2. The van der Waals surface area contributed by atoms with Crippen molar-refractivity contribution in [2.45, 2.75) is 24.0 Å². The summed E-state index contributed by atoms with van der Waals surface area (Å²) in [5.74, 6) is -0.567. The van der Waals surface area contributed by atoms with E-state index < -0.39 is 39.1 Å². The van der Waals surface area contributed by atoms with Gasteiger partial charge in [-0.05, 0) is 42.1 Å². The van der Waals surface area contributed by atoms with Crippen molar-refractivity contribution in [2.24, 2.45) is 0 Å². The predicted molar refractivity (Wildman–Crippen MR) is 106 cm³/mol. The fraction of sp³-hybridized carbons (Fsp3) is 0.250. The van der Waals surface area contributed by atoms with Crippen LogP contribution in [0.1, 0.15) is 12.0 Å². The third-order valence-electron chi connectivity index (χ3n) is 4.47. The number of para-hydroxylation sites is 1. The number of hydrogen-bond acceptors (Lipinski definition) is 3. The fourth-order valence-corrected chi connectivity index (χ4v) is 3.99. The van der Waals surface area contributed by atoms with E-state index in [1.807, 2.05) is 41.3 Å². The highest BCUT2D eigenvalue weighted by atomic mass is 32.2. The van der Waals surface area contributed by atoms with Gasteiger partial charge in [-0.1, -0.05) is 24.3 Å². The molecule has 0 unspecified atom stereocenters. The first kappa shape index (κ1) is 21.8. The maximum atomic E-state index is 12.8. The number of alkyl halides is 3. The van der Waals surface area contributed by atoms with Crippen molar-refractivity contribution in [3.05, 3.63) is 66.4 Å². The average Bonchev–Trinajstić information content (AvgIpc) is 3.12. The molecule has 0 atom stereocenters. The SMILES string of the molecule is O=C(CNS(=O)(=O)c1cccc(C(F)(F)F)c1)NCCCn1ccc2ccccc21. The van der Waals surface area contributed by atoms with Gasteiger partial charge in [0.25, 0.3) is 0 Å². The molecule has 0 bridgehead atoms. The Morgan fingerprint density at radius 1 is 1.03 bits per heavy atom.